The van der Waals surface area contributed by atoms with Crippen molar-refractivity contribution in [1.29, 1.82) is 0 Å². The molecule has 1 aromatic rings. The maximum Gasteiger partial charge on any atom is 0.224 e. The first-order valence-electron chi connectivity index (χ1n) is 3.59. The number of hydrogen-bond donors (Lipinski definition) is 0. The average Bonchev–Trinajstić information content (AvgIpc) is 2.07. The first kappa shape index (κ1) is 7.73. The molecule has 0 saturated carbocycles. The number of fused-ring (bicyclic) bond motifs is 1. The van der Waals surface area contributed by atoms with Gasteiger partial charge in [-0.1, -0.05) is 0 Å². The van der Waals surface area contributed by atoms with Crippen molar-refractivity contribution in [3.8, 4) is 5.88 Å². The van der Waals surface area contributed by atoms with E-state index in [-0.39, 0.29) is 5.78 Å². The van der Waals surface area contributed by atoms with Gasteiger partial charge >= 0.3 is 0 Å². The van der Waals surface area contributed by atoms with Crippen LogP contribution in [-0.4, -0.2) is 17.4 Å². The topological polar surface area (TPSA) is 39.2 Å². The molecule has 0 N–H and O–H groups in total. The summed E-state index contributed by atoms with van der Waals surface area (Å²) in [5.41, 5.74) is 0.579. The molecule has 0 bridgehead atoms. The monoisotopic (exact) mass is 227 g/mol. The number of nitrogens with zero attached hydrogens (tertiary/aromatic N) is 1. The molecule has 0 atom stereocenters. The van der Waals surface area contributed by atoms with Gasteiger partial charge in [0.05, 0.1) is 12.2 Å². The van der Waals surface area contributed by atoms with Gasteiger partial charge in [0.15, 0.2) is 5.78 Å². The van der Waals surface area contributed by atoms with E-state index in [4.69, 9.17) is 4.74 Å². The van der Waals surface area contributed by atoms with Gasteiger partial charge in [0, 0.05) is 17.1 Å². The zero-order chi connectivity index (χ0) is 8.55. The number of aromatic nitrogens is 1. The lowest BCUT2D eigenvalue weighted by molar-refractivity contribution is 0.0929. The molecule has 62 valence electrons. The Balaban J connectivity index is 2.54. The Bertz CT molecular complexity index is 338. The van der Waals surface area contributed by atoms with Gasteiger partial charge in [0.1, 0.15) is 0 Å². The molecule has 0 fully saturated rings. The highest BCUT2D eigenvalue weighted by Crippen LogP contribution is 2.24. The van der Waals surface area contributed by atoms with Gasteiger partial charge in [-0.2, -0.15) is 0 Å². The minimum absolute atomic E-state index is 0.102. The van der Waals surface area contributed by atoms with Crippen molar-refractivity contribution in [2.24, 2.45) is 0 Å². The predicted molar refractivity (Wildman–Crippen MR) is 46.4 cm³/mol. The molecular weight excluding hydrogens is 222 g/mol. The fraction of sp³-hybridized carbons (Fsp3) is 0.250. The predicted octanol–water partition coefficient (Wildman–Crippen LogP) is 1.81. The van der Waals surface area contributed by atoms with Crippen LogP contribution in [0.25, 0.3) is 0 Å². The van der Waals surface area contributed by atoms with E-state index in [0.717, 1.165) is 4.47 Å². The van der Waals surface area contributed by atoms with Crippen LogP contribution in [0, 0.1) is 0 Å². The Morgan fingerprint density at radius 3 is 3.25 bits per heavy atom. The Hall–Kier alpha value is -0.900. The quantitative estimate of drug-likeness (QED) is 0.679. The SMILES string of the molecule is O=C1CCOc2ncc(Br)cc21. The molecule has 0 amide bonds. The maximum atomic E-state index is 11.3. The van der Waals surface area contributed by atoms with Gasteiger partial charge < -0.3 is 4.74 Å². The second-order valence-corrected chi connectivity index (χ2v) is 3.44. The molecule has 12 heavy (non-hydrogen) atoms. The van der Waals surface area contributed by atoms with Gasteiger partial charge in [0.2, 0.25) is 5.88 Å². The van der Waals surface area contributed by atoms with Crippen molar-refractivity contribution in [2.75, 3.05) is 6.61 Å². The van der Waals surface area contributed by atoms with Crippen molar-refractivity contribution in [3.63, 3.8) is 0 Å². The Kier molecular flexibility index (Phi) is 1.84. The molecule has 4 heteroatoms. The molecule has 1 aromatic heterocycles. The number of halogens is 1. The number of carbonyl (C=O) groups excluding carboxylic acids is 1. The minimum atomic E-state index is 0.102. The highest BCUT2D eigenvalue weighted by atomic mass is 79.9. The lowest BCUT2D eigenvalue weighted by atomic mass is 10.1. The second-order valence-electron chi connectivity index (χ2n) is 2.53. The third-order valence-electron chi connectivity index (χ3n) is 1.69. The van der Waals surface area contributed by atoms with Gasteiger partial charge in [-0.3, -0.25) is 4.79 Å². The molecule has 0 saturated heterocycles. The van der Waals surface area contributed by atoms with E-state index in [9.17, 15) is 4.79 Å². The van der Waals surface area contributed by atoms with E-state index in [2.05, 4.69) is 20.9 Å². The summed E-state index contributed by atoms with van der Waals surface area (Å²) >= 11 is 3.25. The van der Waals surface area contributed by atoms with Crippen LogP contribution < -0.4 is 4.74 Å². The number of hydrogen-bond acceptors (Lipinski definition) is 3. The third-order valence-corrected chi connectivity index (χ3v) is 2.12. The Morgan fingerprint density at radius 1 is 1.58 bits per heavy atom. The molecule has 0 aromatic carbocycles. The van der Waals surface area contributed by atoms with Crippen LogP contribution >= 0.6 is 15.9 Å². The summed E-state index contributed by atoms with van der Waals surface area (Å²) in [7, 11) is 0. The summed E-state index contributed by atoms with van der Waals surface area (Å²) < 4.78 is 6.00. The fourth-order valence-corrected chi connectivity index (χ4v) is 1.45. The summed E-state index contributed by atoms with van der Waals surface area (Å²) in [5, 5.41) is 0. The van der Waals surface area contributed by atoms with Crippen molar-refractivity contribution >= 4 is 21.7 Å². The highest BCUT2D eigenvalue weighted by Gasteiger charge is 2.19. The van der Waals surface area contributed by atoms with Crippen molar-refractivity contribution in [3.05, 3.63) is 22.3 Å². The van der Waals surface area contributed by atoms with Crippen molar-refractivity contribution in [2.45, 2.75) is 6.42 Å². The van der Waals surface area contributed by atoms with Gasteiger partial charge in [0.25, 0.3) is 0 Å². The van der Waals surface area contributed by atoms with E-state index in [1.807, 2.05) is 0 Å². The summed E-state index contributed by atoms with van der Waals surface area (Å²) in [6.07, 6.45) is 2.07. The van der Waals surface area contributed by atoms with E-state index in [1.165, 1.54) is 0 Å². The fourth-order valence-electron chi connectivity index (χ4n) is 1.12. The summed E-state index contributed by atoms with van der Waals surface area (Å²) in [6.45, 7) is 0.445. The first-order valence-corrected chi connectivity index (χ1v) is 4.38. The maximum absolute atomic E-state index is 11.3. The first-order chi connectivity index (χ1) is 5.77. The Labute approximate surface area is 77.9 Å². The highest BCUT2D eigenvalue weighted by molar-refractivity contribution is 9.10. The number of ether oxygens (including phenoxy) is 1. The lowest BCUT2D eigenvalue weighted by Crippen LogP contribution is -2.16. The molecule has 0 aliphatic carbocycles. The van der Waals surface area contributed by atoms with E-state index >= 15 is 0 Å². The molecule has 1 aliphatic heterocycles. The van der Waals surface area contributed by atoms with Crippen molar-refractivity contribution < 1.29 is 9.53 Å². The molecular formula is C8H6BrNO2. The molecule has 1 aliphatic rings. The van der Waals surface area contributed by atoms with Crippen LogP contribution in [0.2, 0.25) is 0 Å². The summed E-state index contributed by atoms with van der Waals surface area (Å²) in [6, 6.07) is 1.74. The standard InChI is InChI=1S/C8H6BrNO2/c9-5-3-6-7(11)1-2-12-8(6)10-4-5/h3-4H,1-2H2. The largest absolute Gasteiger partial charge is 0.477 e. The molecule has 0 unspecified atom stereocenters. The Morgan fingerprint density at radius 2 is 2.42 bits per heavy atom. The zero-order valence-electron chi connectivity index (χ0n) is 6.21. The van der Waals surface area contributed by atoms with Crippen LogP contribution in [-0.2, 0) is 0 Å². The van der Waals surface area contributed by atoms with E-state index in [0.29, 0.717) is 24.5 Å². The number of Topliss-reactive ketones (excluding diaryl/α,β-unsaturated/α-hetero) is 1. The van der Waals surface area contributed by atoms with Crippen molar-refractivity contribution in [1.82, 2.24) is 4.98 Å². The molecule has 2 heterocycles. The normalized spacial score (nSPS) is 15.2. The molecule has 2 rings (SSSR count). The van der Waals surface area contributed by atoms with Gasteiger partial charge in [-0.05, 0) is 22.0 Å². The van der Waals surface area contributed by atoms with E-state index < -0.39 is 0 Å². The smallest absolute Gasteiger partial charge is 0.224 e. The average molecular weight is 228 g/mol. The van der Waals surface area contributed by atoms with Crippen LogP contribution in [0.1, 0.15) is 16.8 Å². The molecule has 0 spiro atoms. The summed E-state index contributed by atoms with van der Waals surface area (Å²) in [5.74, 6) is 0.555. The lowest BCUT2D eigenvalue weighted by Gasteiger charge is -2.14. The van der Waals surface area contributed by atoms with Crippen LogP contribution in [0.15, 0.2) is 16.7 Å². The number of pyridine rings is 1. The third kappa shape index (κ3) is 1.22. The molecule has 0 radical (unpaired) electrons. The zero-order valence-corrected chi connectivity index (χ0v) is 7.80. The minimum Gasteiger partial charge on any atom is -0.477 e. The number of carbonyl (C=O) groups is 1. The van der Waals surface area contributed by atoms with Gasteiger partial charge in [-0.25, -0.2) is 4.98 Å². The van der Waals surface area contributed by atoms with Crippen LogP contribution in [0.3, 0.4) is 0 Å². The van der Waals surface area contributed by atoms with Gasteiger partial charge in [-0.15, -0.1) is 0 Å². The van der Waals surface area contributed by atoms with Crippen LogP contribution in [0.5, 0.6) is 5.88 Å². The van der Waals surface area contributed by atoms with Crippen LogP contribution in [0.4, 0.5) is 0 Å². The molecule has 3 nitrogen and oxygen atoms in total. The summed E-state index contributed by atoms with van der Waals surface area (Å²) in [4.78, 5) is 15.3. The second kappa shape index (κ2) is 2.86. The number of rotatable bonds is 0. The number of ketones is 1. The van der Waals surface area contributed by atoms with E-state index in [1.54, 1.807) is 12.3 Å².